The van der Waals surface area contributed by atoms with Crippen molar-refractivity contribution in [3.05, 3.63) is 77.8 Å². The van der Waals surface area contributed by atoms with Gasteiger partial charge in [-0.25, -0.2) is 9.97 Å². The Morgan fingerprint density at radius 3 is 2.72 bits per heavy atom. The quantitative estimate of drug-likeness (QED) is 0.289. The number of halogens is 1. The predicted octanol–water partition coefficient (Wildman–Crippen LogP) is 3.83. The molecule has 1 aliphatic heterocycles. The maximum atomic E-state index is 12.4. The van der Waals surface area contributed by atoms with E-state index in [1.807, 2.05) is 36.4 Å². The summed E-state index contributed by atoms with van der Waals surface area (Å²) in [7, 11) is 0. The number of anilines is 2. The molecule has 2 aromatic heterocycles. The van der Waals surface area contributed by atoms with E-state index in [0.717, 1.165) is 38.5 Å². The molecular weight excluding hydrogens is 520 g/mol. The molecule has 202 valence electrons. The predicted molar refractivity (Wildman–Crippen MR) is 149 cm³/mol. The fourth-order valence-corrected chi connectivity index (χ4v) is 4.37. The third-order valence-corrected chi connectivity index (χ3v) is 6.43. The molecule has 1 fully saturated rings. The SMILES string of the molecule is O=C(COc1cccc2ncnc(Nc3ccc(OCc4ccccn4)c(Cl)c3)c12)NCCN1CCOCC1. The summed E-state index contributed by atoms with van der Waals surface area (Å²) in [4.78, 5) is 27.7. The molecular formula is C28H29ClN6O4. The first-order valence-electron chi connectivity index (χ1n) is 12.7. The van der Waals surface area contributed by atoms with Gasteiger partial charge in [0, 0.05) is 38.1 Å². The van der Waals surface area contributed by atoms with Crippen LogP contribution in [-0.4, -0.2) is 71.8 Å². The third kappa shape index (κ3) is 7.32. The first-order chi connectivity index (χ1) is 19.2. The van der Waals surface area contributed by atoms with E-state index in [0.29, 0.717) is 52.1 Å². The molecule has 10 nitrogen and oxygen atoms in total. The van der Waals surface area contributed by atoms with Crippen molar-refractivity contribution in [3.63, 3.8) is 0 Å². The summed E-state index contributed by atoms with van der Waals surface area (Å²) in [6, 6.07) is 16.5. The lowest BCUT2D eigenvalue weighted by Crippen LogP contribution is -2.42. The van der Waals surface area contributed by atoms with Crippen molar-refractivity contribution < 1.29 is 19.0 Å². The van der Waals surface area contributed by atoms with Crippen LogP contribution in [0.4, 0.5) is 11.5 Å². The highest BCUT2D eigenvalue weighted by molar-refractivity contribution is 6.32. The molecule has 0 aliphatic carbocycles. The average molecular weight is 549 g/mol. The Labute approximate surface area is 231 Å². The number of morpholine rings is 1. The Morgan fingerprint density at radius 2 is 1.90 bits per heavy atom. The van der Waals surface area contributed by atoms with Gasteiger partial charge < -0.3 is 24.8 Å². The second-order valence-corrected chi connectivity index (χ2v) is 9.25. The lowest BCUT2D eigenvalue weighted by Gasteiger charge is -2.26. The number of benzene rings is 2. The second kappa shape index (κ2) is 13.2. The smallest absolute Gasteiger partial charge is 0.257 e. The van der Waals surface area contributed by atoms with Gasteiger partial charge in [-0.1, -0.05) is 23.7 Å². The number of rotatable bonds is 11. The summed E-state index contributed by atoms with van der Waals surface area (Å²) in [6.07, 6.45) is 3.19. The van der Waals surface area contributed by atoms with Crippen molar-refractivity contribution in [1.82, 2.24) is 25.2 Å². The summed E-state index contributed by atoms with van der Waals surface area (Å²) >= 11 is 6.49. The van der Waals surface area contributed by atoms with Crippen molar-refractivity contribution in [2.75, 3.05) is 51.3 Å². The van der Waals surface area contributed by atoms with Gasteiger partial charge in [-0.3, -0.25) is 14.7 Å². The Balaban J connectivity index is 1.22. The molecule has 1 amide bonds. The van der Waals surface area contributed by atoms with E-state index < -0.39 is 0 Å². The Bertz CT molecular complexity index is 1400. The van der Waals surface area contributed by atoms with Crippen LogP contribution < -0.4 is 20.1 Å². The second-order valence-electron chi connectivity index (χ2n) is 8.85. The maximum absolute atomic E-state index is 12.4. The van der Waals surface area contributed by atoms with Gasteiger partial charge in [-0.2, -0.15) is 0 Å². The number of nitrogens with one attached hydrogen (secondary N) is 2. The zero-order chi connectivity index (χ0) is 26.9. The number of carbonyl (C=O) groups excluding carboxylic acids is 1. The Hall–Kier alpha value is -3.99. The van der Waals surface area contributed by atoms with Crippen LogP contribution in [0.3, 0.4) is 0 Å². The first kappa shape index (κ1) is 26.6. The molecule has 0 atom stereocenters. The molecule has 11 heteroatoms. The zero-order valence-electron chi connectivity index (χ0n) is 21.3. The molecule has 2 N–H and O–H groups in total. The van der Waals surface area contributed by atoms with E-state index in [-0.39, 0.29) is 12.5 Å². The van der Waals surface area contributed by atoms with Gasteiger partial charge in [0.1, 0.15) is 30.3 Å². The molecule has 39 heavy (non-hydrogen) atoms. The molecule has 0 radical (unpaired) electrons. The Kier molecular flexibility index (Phi) is 9.00. The largest absolute Gasteiger partial charge is 0.486 e. The lowest BCUT2D eigenvalue weighted by atomic mass is 10.2. The van der Waals surface area contributed by atoms with Crippen molar-refractivity contribution in [2.45, 2.75) is 6.61 Å². The van der Waals surface area contributed by atoms with Crippen LogP contribution in [-0.2, 0) is 16.1 Å². The minimum absolute atomic E-state index is 0.120. The van der Waals surface area contributed by atoms with E-state index in [1.165, 1.54) is 6.33 Å². The summed E-state index contributed by atoms with van der Waals surface area (Å²) in [5.41, 5.74) is 2.20. The van der Waals surface area contributed by atoms with Crippen molar-refractivity contribution in [2.24, 2.45) is 0 Å². The summed E-state index contributed by atoms with van der Waals surface area (Å²) in [5.74, 6) is 1.38. The number of nitrogens with zero attached hydrogens (tertiary/aromatic N) is 4. The number of pyridine rings is 1. The number of amides is 1. The number of ether oxygens (including phenoxy) is 3. The highest BCUT2D eigenvalue weighted by Gasteiger charge is 2.14. The molecule has 1 aliphatic rings. The minimum atomic E-state index is -0.195. The number of aromatic nitrogens is 3. The fourth-order valence-electron chi connectivity index (χ4n) is 4.13. The van der Waals surface area contributed by atoms with Crippen molar-refractivity contribution in [1.29, 1.82) is 0 Å². The summed E-state index contributed by atoms with van der Waals surface area (Å²) in [5, 5.41) is 7.30. The van der Waals surface area contributed by atoms with Gasteiger partial charge in [0.2, 0.25) is 0 Å². The van der Waals surface area contributed by atoms with Crippen LogP contribution >= 0.6 is 11.6 Å². The van der Waals surface area contributed by atoms with Crippen LogP contribution in [0.15, 0.2) is 67.1 Å². The van der Waals surface area contributed by atoms with Crippen LogP contribution in [0.25, 0.3) is 10.9 Å². The van der Waals surface area contributed by atoms with Crippen LogP contribution in [0, 0.1) is 0 Å². The fraction of sp³-hybridized carbons (Fsp3) is 0.286. The third-order valence-electron chi connectivity index (χ3n) is 6.13. The summed E-state index contributed by atoms with van der Waals surface area (Å²) in [6.45, 7) is 4.74. The minimum Gasteiger partial charge on any atom is -0.486 e. The number of hydrogen-bond donors (Lipinski definition) is 2. The van der Waals surface area contributed by atoms with Crippen LogP contribution in [0.5, 0.6) is 11.5 Å². The van der Waals surface area contributed by atoms with E-state index in [9.17, 15) is 4.79 Å². The lowest BCUT2D eigenvalue weighted by molar-refractivity contribution is -0.123. The van der Waals surface area contributed by atoms with Gasteiger partial charge in [-0.05, 0) is 42.5 Å². The van der Waals surface area contributed by atoms with Crippen LogP contribution in [0.1, 0.15) is 5.69 Å². The first-order valence-corrected chi connectivity index (χ1v) is 13.1. The van der Waals surface area contributed by atoms with Crippen molar-refractivity contribution >= 4 is 39.9 Å². The number of hydrogen-bond acceptors (Lipinski definition) is 9. The van der Waals surface area contributed by atoms with E-state index in [2.05, 4.69) is 30.5 Å². The standard InChI is InChI=1S/C28H29ClN6O4/c29-22-16-20(7-8-24(22)38-17-21-4-1-2-9-30-21)34-28-27-23(32-19-33-28)5-3-6-25(27)39-18-26(36)31-10-11-35-12-14-37-15-13-35/h1-9,16,19H,10-15,17-18H2,(H,31,36)(H,32,33,34). The zero-order valence-corrected chi connectivity index (χ0v) is 22.1. The van der Waals surface area contributed by atoms with Crippen LogP contribution in [0.2, 0.25) is 5.02 Å². The topological polar surface area (TPSA) is 111 Å². The van der Waals surface area contributed by atoms with E-state index in [1.54, 1.807) is 24.4 Å². The summed E-state index contributed by atoms with van der Waals surface area (Å²) < 4.78 is 17.1. The van der Waals surface area contributed by atoms with Gasteiger partial charge >= 0.3 is 0 Å². The Morgan fingerprint density at radius 1 is 1.00 bits per heavy atom. The van der Waals surface area contributed by atoms with E-state index in [4.69, 9.17) is 25.8 Å². The van der Waals surface area contributed by atoms with Crippen molar-refractivity contribution in [3.8, 4) is 11.5 Å². The monoisotopic (exact) mass is 548 g/mol. The molecule has 0 bridgehead atoms. The molecule has 0 spiro atoms. The van der Waals surface area contributed by atoms with Gasteiger partial charge in [0.25, 0.3) is 5.91 Å². The molecule has 0 unspecified atom stereocenters. The maximum Gasteiger partial charge on any atom is 0.257 e. The highest BCUT2D eigenvalue weighted by atomic mass is 35.5. The molecule has 3 heterocycles. The number of fused-ring (bicyclic) bond motifs is 1. The molecule has 4 aromatic rings. The van der Waals surface area contributed by atoms with Gasteiger partial charge in [0.05, 0.1) is 34.8 Å². The number of carbonyl (C=O) groups is 1. The molecule has 5 rings (SSSR count). The average Bonchev–Trinajstić information content (AvgIpc) is 2.97. The van der Waals surface area contributed by atoms with Gasteiger partial charge in [0.15, 0.2) is 6.61 Å². The molecule has 2 aromatic carbocycles. The highest BCUT2D eigenvalue weighted by Crippen LogP contribution is 2.34. The van der Waals surface area contributed by atoms with Gasteiger partial charge in [-0.15, -0.1) is 0 Å². The van der Waals surface area contributed by atoms with E-state index >= 15 is 0 Å². The molecule has 1 saturated heterocycles. The normalized spacial score (nSPS) is 13.7. The molecule has 0 saturated carbocycles.